The maximum Gasteiger partial charge on any atom is 0.284 e. The molecule has 0 saturated heterocycles. The zero-order valence-electron chi connectivity index (χ0n) is 11.1. The first-order valence-electron chi connectivity index (χ1n) is 6.38. The maximum atomic E-state index is 11.3. The lowest BCUT2D eigenvalue weighted by molar-refractivity contribution is 0.0711. The Morgan fingerprint density at radius 3 is 2.76 bits per heavy atom. The predicted octanol–water partition coefficient (Wildman–Crippen LogP) is 2.78. The van der Waals surface area contributed by atoms with E-state index in [0.717, 1.165) is 10.6 Å². The van der Waals surface area contributed by atoms with Crippen molar-refractivity contribution in [3.63, 3.8) is 0 Å². The van der Waals surface area contributed by atoms with Crippen LogP contribution in [0.5, 0.6) is 0 Å². The van der Waals surface area contributed by atoms with Gasteiger partial charge in [-0.2, -0.15) is 5.10 Å². The van der Waals surface area contributed by atoms with Crippen molar-refractivity contribution in [2.24, 2.45) is 0 Å². The van der Waals surface area contributed by atoms with Gasteiger partial charge in [0.25, 0.3) is 5.91 Å². The second kappa shape index (κ2) is 5.90. The molecule has 1 aromatic carbocycles. The Morgan fingerprint density at radius 1 is 1.19 bits per heavy atom. The molecule has 3 aromatic rings. The summed E-state index contributed by atoms with van der Waals surface area (Å²) in [6.45, 7) is 0.705. The summed E-state index contributed by atoms with van der Waals surface area (Å²) in [6.07, 6.45) is 1.91. The van der Waals surface area contributed by atoms with Gasteiger partial charge in [0.15, 0.2) is 0 Å². The van der Waals surface area contributed by atoms with Crippen LogP contribution in [0.4, 0.5) is 0 Å². The number of rotatable bonds is 4. The Labute approximate surface area is 125 Å². The van der Waals surface area contributed by atoms with Crippen molar-refractivity contribution in [3.05, 3.63) is 65.2 Å². The molecule has 6 heteroatoms. The highest BCUT2D eigenvalue weighted by Crippen LogP contribution is 2.26. The third kappa shape index (κ3) is 3.01. The summed E-state index contributed by atoms with van der Waals surface area (Å²) in [5.74, 6) is -0.505. The highest BCUT2D eigenvalue weighted by Gasteiger charge is 2.11. The van der Waals surface area contributed by atoms with Gasteiger partial charge in [-0.05, 0) is 23.8 Å². The Morgan fingerprint density at radius 2 is 2.00 bits per heavy atom. The molecular formula is C15H13N3O2S. The van der Waals surface area contributed by atoms with E-state index in [1.807, 2.05) is 41.2 Å². The van der Waals surface area contributed by atoms with Crippen molar-refractivity contribution < 1.29 is 10.0 Å². The van der Waals surface area contributed by atoms with Crippen LogP contribution < -0.4 is 5.48 Å². The fraction of sp³-hybridized carbons (Fsp3) is 0.0667. The van der Waals surface area contributed by atoms with Crippen LogP contribution in [0.2, 0.25) is 0 Å². The number of hydroxylamine groups is 1. The van der Waals surface area contributed by atoms with E-state index in [9.17, 15) is 4.79 Å². The highest BCUT2D eigenvalue weighted by molar-refractivity contribution is 7.17. The standard InChI is InChI=1S/C15H13N3O2S/c19-15(17-20)14-7-6-13(21-14)12-8-9-18(16-12)10-11-4-2-1-3-5-11/h1-9,20H,10H2,(H,17,19). The summed E-state index contributed by atoms with van der Waals surface area (Å²) < 4.78 is 1.86. The van der Waals surface area contributed by atoms with Gasteiger partial charge in [-0.15, -0.1) is 11.3 Å². The van der Waals surface area contributed by atoms with E-state index in [2.05, 4.69) is 17.2 Å². The van der Waals surface area contributed by atoms with Gasteiger partial charge >= 0.3 is 0 Å². The van der Waals surface area contributed by atoms with E-state index in [1.54, 1.807) is 11.5 Å². The molecule has 2 heterocycles. The zero-order chi connectivity index (χ0) is 14.7. The van der Waals surface area contributed by atoms with Gasteiger partial charge in [-0.25, -0.2) is 5.48 Å². The molecule has 0 unspecified atom stereocenters. The van der Waals surface area contributed by atoms with Crippen LogP contribution in [0.15, 0.2) is 54.7 Å². The van der Waals surface area contributed by atoms with Gasteiger partial charge in [0, 0.05) is 6.20 Å². The van der Waals surface area contributed by atoms with Gasteiger partial charge in [-0.3, -0.25) is 14.7 Å². The summed E-state index contributed by atoms with van der Waals surface area (Å²) in [5, 5.41) is 13.1. The van der Waals surface area contributed by atoms with Crippen molar-refractivity contribution in [1.82, 2.24) is 15.3 Å². The molecule has 0 saturated carbocycles. The SMILES string of the molecule is O=C(NO)c1ccc(-c2ccn(Cc3ccccc3)n2)s1. The van der Waals surface area contributed by atoms with Gasteiger partial charge < -0.3 is 0 Å². The van der Waals surface area contributed by atoms with Gasteiger partial charge in [0.2, 0.25) is 0 Å². The summed E-state index contributed by atoms with van der Waals surface area (Å²) in [4.78, 5) is 12.7. The number of hydrogen-bond acceptors (Lipinski definition) is 4. The summed E-state index contributed by atoms with van der Waals surface area (Å²) in [7, 11) is 0. The molecule has 0 fully saturated rings. The van der Waals surface area contributed by atoms with E-state index in [1.165, 1.54) is 16.9 Å². The first kappa shape index (κ1) is 13.5. The van der Waals surface area contributed by atoms with E-state index in [-0.39, 0.29) is 0 Å². The van der Waals surface area contributed by atoms with Crippen molar-refractivity contribution in [2.45, 2.75) is 6.54 Å². The second-order valence-corrected chi connectivity index (χ2v) is 5.57. The summed E-state index contributed by atoms with van der Waals surface area (Å²) in [6, 6.07) is 15.5. The first-order valence-corrected chi connectivity index (χ1v) is 7.20. The molecule has 0 spiro atoms. The number of aromatic nitrogens is 2. The van der Waals surface area contributed by atoms with Crippen molar-refractivity contribution in [1.29, 1.82) is 0 Å². The van der Waals surface area contributed by atoms with E-state index < -0.39 is 5.91 Å². The number of carbonyl (C=O) groups excluding carboxylic acids is 1. The van der Waals surface area contributed by atoms with Crippen LogP contribution in [-0.2, 0) is 6.54 Å². The van der Waals surface area contributed by atoms with Crippen LogP contribution in [-0.4, -0.2) is 20.9 Å². The fourth-order valence-corrected chi connectivity index (χ4v) is 2.87. The normalized spacial score (nSPS) is 10.5. The lowest BCUT2D eigenvalue weighted by Gasteiger charge is -2.00. The van der Waals surface area contributed by atoms with Gasteiger partial charge in [-0.1, -0.05) is 30.3 Å². The van der Waals surface area contributed by atoms with E-state index >= 15 is 0 Å². The number of benzene rings is 1. The maximum absolute atomic E-state index is 11.3. The molecule has 21 heavy (non-hydrogen) atoms. The quantitative estimate of drug-likeness (QED) is 0.575. The van der Waals surface area contributed by atoms with E-state index in [4.69, 9.17) is 5.21 Å². The number of amides is 1. The minimum Gasteiger partial charge on any atom is -0.288 e. The number of thiophene rings is 1. The third-order valence-corrected chi connectivity index (χ3v) is 4.12. The van der Waals surface area contributed by atoms with Crippen LogP contribution in [0.1, 0.15) is 15.2 Å². The number of carbonyl (C=O) groups is 1. The topological polar surface area (TPSA) is 67.2 Å². The van der Waals surface area contributed by atoms with Crippen molar-refractivity contribution >= 4 is 17.2 Å². The number of nitrogens with zero attached hydrogens (tertiary/aromatic N) is 2. The highest BCUT2D eigenvalue weighted by atomic mass is 32.1. The molecule has 5 nitrogen and oxygen atoms in total. The lowest BCUT2D eigenvalue weighted by Crippen LogP contribution is -2.16. The molecule has 106 valence electrons. The monoisotopic (exact) mass is 299 g/mol. The molecule has 0 aliphatic carbocycles. The second-order valence-electron chi connectivity index (χ2n) is 4.49. The predicted molar refractivity (Wildman–Crippen MR) is 80.3 cm³/mol. The Kier molecular flexibility index (Phi) is 3.81. The van der Waals surface area contributed by atoms with Crippen LogP contribution in [0.25, 0.3) is 10.6 Å². The molecule has 2 N–H and O–H groups in total. The van der Waals surface area contributed by atoms with Crippen LogP contribution in [0, 0.1) is 0 Å². The minimum atomic E-state index is -0.505. The summed E-state index contributed by atoms with van der Waals surface area (Å²) in [5.41, 5.74) is 3.62. The Hall–Kier alpha value is -2.44. The van der Waals surface area contributed by atoms with Gasteiger partial charge in [0.05, 0.1) is 16.3 Å². The van der Waals surface area contributed by atoms with Crippen molar-refractivity contribution in [2.75, 3.05) is 0 Å². The average molecular weight is 299 g/mol. The summed E-state index contributed by atoms with van der Waals surface area (Å²) >= 11 is 1.29. The molecule has 0 aliphatic rings. The molecule has 0 aliphatic heterocycles. The Balaban J connectivity index is 1.78. The molecule has 1 amide bonds. The number of hydrogen-bond donors (Lipinski definition) is 2. The third-order valence-electron chi connectivity index (χ3n) is 3.01. The molecule has 0 atom stereocenters. The smallest absolute Gasteiger partial charge is 0.284 e. The van der Waals surface area contributed by atoms with Crippen molar-refractivity contribution in [3.8, 4) is 10.6 Å². The molecule has 0 bridgehead atoms. The minimum absolute atomic E-state index is 0.449. The first-order chi connectivity index (χ1) is 10.3. The zero-order valence-corrected chi connectivity index (χ0v) is 11.9. The van der Waals surface area contributed by atoms with Gasteiger partial charge in [0.1, 0.15) is 5.69 Å². The molecule has 2 aromatic heterocycles. The molecular weight excluding hydrogens is 286 g/mol. The van der Waals surface area contributed by atoms with E-state index in [0.29, 0.717) is 11.4 Å². The number of nitrogens with one attached hydrogen (secondary N) is 1. The fourth-order valence-electron chi connectivity index (χ4n) is 2.00. The largest absolute Gasteiger partial charge is 0.288 e. The van der Waals surface area contributed by atoms with Crippen LogP contribution >= 0.6 is 11.3 Å². The molecule has 0 radical (unpaired) electrons. The molecule has 3 rings (SSSR count). The average Bonchev–Trinajstić information content (AvgIpc) is 3.16. The Bertz CT molecular complexity index is 749. The van der Waals surface area contributed by atoms with Crippen LogP contribution in [0.3, 0.4) is 0 Å². The lowest BCUT2D eigenvalue weighted by atomic mass is 10.2.